The maximum Gasteiger partial charge on any atom is 0.422 e. The van der Waals surface area contributed by atoms with Crippen LogP contribution in [0.25, 0.3) is 0 Å². The summed E-state index contributed by atoms with van der Waals surface area (Å²) in [6.07, 6.45) is -2.30. The molecule has 0 aromatic heterocycles. The van der Waals surface area contributed by atoms with Gasteiger partial charge in [-0.15, -0.1) is 0 Å². The van der Waals surface area contributed by atoms with Gasteiger partial charge in [-0.05, 0) is 44.4 Å². The Balaban J connectivity index is 1.93. The van der Waals surface area contributed by atoms with E-state index in [1.54, 1.807) is 18.2 Å². The Morgan fingerprint density at radius 2 is 2.15 bits per heavy atom. The molecular formula is C18H26F3N3O2. The van der Waals surface area contributed by atoms with E-state index in [-0.39, 0.29) is 11.4 Å². The molecule has 0 radical (unpaired) electrons. The Hall–Kier alpha value is -1.96. The van der Waals surface area contributed by atoms with Crippen molar-refractivity contribution in [1.82, 2.24) is 10.6 Å². The SMILES string of the molecule is CCNC(=NCc1cccc(OCC(F)(F)F)c1)NCC1(C)CCCO1. The van der Waals surface area contributed by atoms with Crippen molar-refractivity contribution in [3.05, 3.63) is 29.8 Å². The molecule has 0 amide bonds. The number of rotatable bonds is 7. The number of benzene rings is 1. The van der Waals surface area contributed by atoms with Crippen LogP contribution in [0.5, 0.6) is 5.75 Å². The molecule has 2 rings (SSSR count). The molecule has 0 bridgehead atoms. The Kier molecular flexibility index (Phi) is 7.14. The number of hydrogen-bond acceptors (Lipinski definition) is 3. The molecule has 1 fully saturated rings. The van der Waals surface area contributed by atoms with Crippen LogP contribution in [-0.2, 0) is 11.3 Å². The first-order chi connectivity index (χ1) is 12.3. The van der Waals surface area contributed by atoms with Gasteiger partial charge in [0.2, 0.25) is 0 Å². The molecule has 0 saturated carbocycles. The first kappa shape index (κ1) is 20.4. The highest BCUT2D eigenvalue weighted by atomic mass is 19.4. The van der Waals surface area contributed by atoms with Crippen molar-refractivity contribution in [3.8, 4) is 5.75 Å². The van der Waals surface area contributed by atoms with E-state index in [2.05, 4.69) is 22.5 Å². The molecule has 26 heavy (non-hydrogen) atoms. The van der Waals surface area contributed by atoms with Crippen LogP contribution in [0.3, 0.4) is 0 Å². The number of ether oxygens (including phenoxy) is 2. The van der Waals surface area contributed by atoms with E-state index < -0.39 is 12.8 Å². The molecule has 1 unspecified atom stereocenters. The molecule has 2 N–H and O–H groups in total. The molecule has 1 saturated heterocycles. The van der Waals surface area contributed by atoms with Crippen molar-refractivity contribution >= 4 is 5.96 Å². The van der Waals surface area contributed by atoms with Gasteiger partial charge in [-0.3, -0.25) is 0 Å². The highest BCUT2D eigenvalue weighted by molar-refractivity contribution is 5.79. The van der Waals surface area contributed by atoms with Gasteiger partial charge in [0.1, 0.15) is 5.75 Å². The number of nitrogens with one attached hydrogen (secondary N) is 2. The van der Waals surface area contributed by atoms with Crippen molar-refractivity contribution in [1.29, 1.82) is 0 Å². The van der Waals surface area contributed by atoms with E-state index >= 15 is 0 Å². The summed E-state index contributed by atoms with van der Waals surface area (Å²) in [6.45, 7) is 5.19. The van der Waals surface area contributed by atoms with E-state index in [4.69, 9.17) is 9.47 Å². The smallest absolute Gasteiger partial charge is 0.422 e. The molecule has 1 aromatic rings. The molecule has 146 valence electrons. The molecule has 1 heterocycles. The lowest BCUT2D eigenvalue weighted by Crippen LogP contribution is -2.45. The zero-order chi connectivity index (χ0) is 19.0. The molecule has 1 aromatic carbocycles. The van der Waals surface area contributed by atoms with Gasteiger partial charge in [-0.25, -0.2) is 4.99 Å². The predicted octanol–water partition coefficient (Wildman–Crippen LogP) is 3.25. The quantitative estimate of drug-likeness (QED) is 0.569. The van der Waals surface area contributed by atoms with Crippen LogP contribution < -0.4 is 15.4 Å². The van der Waals surface area contributed by atoms with Gasteiger partial charge < -0.3 is 20.1 Å². The number of aliphatic imine (C=N–C) groups is 1. The zero-order valence-corrected chi connectivity index (χ0v) is 15.2. The lowest BCUT2D eigenvalue weighted by atomic mass is 10.0. The average Bonchev–Trinajstić information content (AvgIpc) is 3.02. The first-order valence-corrected chi connectivity index (χ1v) is 8.74. The topological polar surface area (TPSA) is 54.9 Å². The van der Waals surface area contributed by atoms with Crippen LogP contribution in [0.4, 0.5) is 13.2 Å². The normalized spacial score (nSPS) is 20.9. The second-order valence-corrected chi connectivity index (χ2v) is 6.50. The number of hydrogen-bond donors (Lipinski definition) is 2. The standard InChI is InChI=1S/C18H26F3N3O2/c1-3-22-16(24-12-17(2)8-5-9-26-17)23-11-14-6-4-7-15(10-14)25-13-18(19,20)21/h4,6-7,10H,3,5,8-9,11-13H2,1-2H3,(H2,22,23,24). The van der Waals surface area contributed by atoms with Crippen LogP contribution in [0.15, 0.2) is 29.3 Å². The van der Waals surface area contributed by atoms with Crippen LogP contribution in [0.1, 0.15) is 32.3 Å². The summed E-state index contributed by atoms with van der Waals surface area (Å²) in [5.41, 5.74) is 0.576. The fraction of sp³-hybridized carbons (Fsp3) is 0.611. The molecule has 1 aliphatic heterocycles. The van der Waals surface area contributed by atoms with Gasteiger partial charge in [0.15, 0.2) is 12.6 Å². The van der Waals surface area contributed by atoms with Gasteiger partial charge in [0.05, 0.1) is 12.1 Å². The van der Waals surface area contributed by atoms with Gasteiger partial charge in [0, 0.05) is 19.7 Å². The van der Waals surface area contributed by atoms with Crippen molar-refractivity contribution in [2.24, 2.45) is 4.99 Å². The third kappa shape index (κ3) is 7.11. The van der Waals surface area contributed by atoms with E-state index in [0.29, 0.717) is 25.6 Å². The van der Waals surface area contributed by atoms with E-state index in [1.165, 1.54) is 6.07 Å². The van der Waals surface area contributed by atoms with Crippen molar-refractivity contribution < 1.29 is 22.6 Å². The molecule has 1 aliphatic rings. The molecule has 0 aliphatic carbocycles. The van der Waals surface area contributed by atoms with E-state index in [9.17, 15) is 13.2 Å². The van der Waals surface area contributed by atoms with Crippen LogP contribution >= 0.6 is 0 Å². The summed E-state index contributed by atoms with van der Waals surface area (Å²) in [5, 5.41) is 6.42. The average molecular weight is 373 g/mol. The van der Waals surface area contributed by atoms with Crippen molar-refractivity contribution in [2.75, 3.05) is 26.3 Å². The largest absolute Gasteiger partial charge is 0.484 e. The zero-order valence-electron chi connectivity index (χ0n) is 15.2. The molecule has 8 heteroatoms. The summed E-state index contributed by atoms with van der Waals surface area (Å²) in [7, 11) is 0. The minimum absolute atomic E-state index is 0.180. The maximum atomic E-state index is 12.3. The third-order valence-electron chi connectivity index (χ3n) is 4.00. The summed E-state index contributed by atoms with van der Waals surface area (Å²) in [4.78, 5) is 4.49. The van der Waals surface area contributed by atoms with E-state index in [1.807, 2.05) is 6.92 Å². The molecular weight excluding hydrogens is 347 g/mol. The van der Waals surface area contributed by atoms with Gasteiger partial charge in [-0.2, -0.15) is 13.2 Å². The van der Waals surface area contributed by atoms with Gasteiger partial charge in [-0.1, -0.05) is 12.1 Å². The highest BCUT2D eigenvalue weighted by Gasteiger charge is 2.30. The number of alkyl halides is 3. The third-order valence-corrected chi connectivity index (χ3v) is 4.00. The summed E-state index contributed by atoms with van der Waals surface area (Å²) in [5.74, 6) is 0.825. The second kappa shape index (κ2) is 9.12. The Morgan fingerprint density at radius 1 is 1.35 bits per heavy atom. The summed E-state index contributed by atoms with van der Waals surface area (Å²) >= 11 is 0. The number of nitrogens with zero attached hydrogens (tertiary/aromatic N) is 1. The highest BCUT2D eigenvalue weighted by Crippen LogP contribution is 2.24. The fourth-order valence-corrected chi connectivity index (χ4v) is 2.66. The Labute approximate surface area is 152 Å². The maximum absolute atomic E-state index is 12.3. The lowest BCUT2D eigenvalue weighted by molar-refractivity contribution is -0.153. The summed E-state index contributed by atoms with van der Waals surface area (Å²) in [6, 6.07) is 6.53. The lowest BCUT2D eigenvalue weighted by Gasteiger charge is -2.24. The molecule has 0 spiro atoms. The predicted molar refractivity (Wildman–Crippen MR) is 94.4 cm³/mol. The van der Waals surface area contributed by atoms with Crippen LogP contribution in [-0.4, -0.2) is 44.0 Å². The fourth-order valence-electron chi connectivity index (χ4n) is 2.66. The number of halogens is 3. The van der Waals surface area contributed by atoms with Crippen LogP contribution in [0.2, 0.25) is 0 Å². The van der Waals surface area contributed by atoms with Crippen molar-refractivity contribution in [2.45, 2.75) is 45.0 Å². The van der Waals surface area contributed by atoms with Crippen LogP contribution in [0, 0.1) is 0 Å². The number of guanidine groups is 1. The first-order valence-electron chi connectivity index (χ1n) is 8.74. The van der Waals surface area contributed by atoms with E-state index in [0.717, 1.165) is 25.0 Å². The summed E-state index contributed by atoms with van der Waals surface area (Å²) < 4.78 is 47.3. The second-order valence-electron chi connectivity index (χ2n) is 6.50. The monoisotopic (exact) mass is 373 g/mol. The Bertz CT molecular complexity index is 600. The van der Waals surface area contributed by atoms with Gasteiger partial charge in [0.25, 0.3) is 0 Å². The molecule has 1 atom stereocenters. The minimum atomic E-state index is -4.35. The Morgan fingerprint density at radius 3 is 2.81 bits per heavy atom. The minimum Gasteiger partial charge on any atom is -0.484 e. The van der Waals surface area contributed by atoms with Gasteiger partial charge >= 0.3 is 6.18 Å². The molecule has 5 nitrogen and oxygen atoms in total. The van der Waals surface area contributed by atoms with Crippen molar-refractivity contribution in [3.63, 3.8) is 0 Å².